The van der Waals surface area contributed by atoms with Crippen molar-refractivity contribution in [3.05, 3.63) is 12.2 Å². The molecule has 52 heavy (non-hydrogen) atoms. The number of carbonyl (C=O) groups excluding carboxylic acids is 2. The zero-order valence-electron chi connectivity index (χ0n) is 33.8. The fourth-order valence-corrected chi connectivity index (χ4v) is 7.45. The van der Waals surface area contributed by atoms with Crippen molar-refractivity contribution < 1.29 is 39.5 Å². The van der Waals surface area contributed by atoms with E-state index in [9.17, 15) is 30.0 Å². The van der Waals surface area contributed by atoms with Gasteiger partial charge in [0.15, 0.2) is 6.10 Å². The van der Waals surface area contributed by atoms with Crippen molar-refractivity contribution in [3.63, 3.8) is 0 Å². The van der Waals surface area contributed by atoms with Crippen LogP contribution in [0, 0.1) is 17.8 Å². The van der Waals surface area contributed by atoms with Crippen molar-refractivity contribution in [2.24, 2.45) is 17.8 Å². The molecule has 0 heterocycles. The number of aliphatic hydroxyl groups excluding tert-OH is 4. The highest BCUT2D eigenvalue weighted by molar-refractivity contribution is 5.70. The molecule has 0 radical (unpaired) electrons. The molecule has 1 rings (SSSR count). The predicted octanol–water partition coefficient (Wildman–Crippen LogP) is 9.92. The minimum atomic E-state index is -0.835. The van der Waals surface area contributed by atoms with Gasteiger partial charge >= 0.3 is 11.9 Å². The normalized spacial score (nSPS) is 20.7. The Morgan fingerprint density at radius 1 is 0.692 bits per heavy atom. The summed E-state index contributed by atoms with van der Waals surface area (Å²) in [4.78, 5) is 24.5. The monoisotopic (exact) mass is 739 g/mol. The first kappa shape index (κ1) is 48.5. The quantitative estimate of drug-likeness (QED) is 0.0287. The first-order chi connectivity index (χ1) is 25.2. The summed E-state index contributed by atoms with van der Waals surface area (Å²) in [5.41, 5.74) is 0. The number of carbonyl (C=O) groups is 2. The first-order valence-corrected chi connectivity index (χ1v) is 21.9. The van der Waals surface area contributed by atoms with Gasteiger partial charge in [-0.2, -0.15) is 0 Å². The van der Waals surface area contributed by atoms with Crippen LogP contribution in [0.2, 0.25) is 0 Å². The zero-order valence-corrected chi connectivity index (χ0v) is 33.8. The second kappa shape index (κ2) is 32.9. The molecule has 0 bridgehead atoms. The molecule has 0 aromatic rings. The molecule has 1 unspecified atom stereocenters. The van der Waals surface area contributed by atoms with Gasteiger partial charge in [0.1, 0.15) is 6.61 Å². The van der Waals surface area contributed by atoms with Gasteiger partial charge in [-0.1, -0.05) is 168 Å². The predicted molar refractivity (Wildman–Crippen MR) is 212 cm³/mol. The van der Waals surface area contributed by atoms with Gasteiger partial charge in [0, 0.05) is 25.2 Å². The highest BCUT2D eigenvalue weighted by Crippen LogP contribution is 2.37. The van der Waals surface area contributed by atoms with Crippen molar-refractivity contribution in [2.45, 2.75) is 225 Å². The van der Waals surface area contributed by atoms with Gasteiger partial charge in [0.05, 0.1) is 24.9 Å². The minimum Gasteiger partial charge on any atom is -0.462 e. The van der Waals surface area contributed by atoms with Gasteiger partial charge in [-0.15, -0.1) is 0 Å². The van der Waals surface area contributed by atoms with Gasteiger partial charge in [-0.25, -0.2) is 0 Å². The van der Waals surface area contributed by atoms with Crippen molar-refractivity contribution in [1.82, 2.24) is 0 Å². The summed E-state index contributed by atoms with van der Waals surface area (Å²) in [5.74, 6) is -0.0153. The van der Waals surface area contributed by atoms with E-state index in [0.717, 1.165) is 70.1 Å². The topological polar surface area (TPSA) is 134 Å². The zero-order chi connectivity index (χ0) is 38.2. The van der Waals surface area contributed by atoms with Crippen LogP contribution in [0.4, 0.5) is 0 Å². The number of esters is 2. The third-order valence-electron chi connectivity index (χ3n) is 11.2. The second-order valence-corrected chi connectivity index (χ2v) is 16.0. The SMILES string of the molecule is CCCCC[C@H](O)/C=C/[C@@H]1[C@@H](CCCCCCC(=O)OC[C@H](CO)OC(=O)CCCCCCCCCCCCCCCCC(C)CC)[C@@H](O)C[C@H]1O. The maximum Gasteiger partial charge on any atom is 0.306 e. The summed E-state index contributed by atoms with van der Waals surface area (Å²) in [7, 11) is 0. The Bertz CT molecular complexity index is 878. The van der Waals surface area contributed by atoms with Gasteiger partial charge < -0.3 is 29.9 Å². The lowest BCUT2D eigenvalue weighted by atomic mass is 9.88. The van der Waals surface area contributed by atoms with Crippen LogP contribution in [0.1, 0.15) is 201 Å². The van der Waals surface area contributed by atoms with Crippen LogP contribution in [0.25, 0.3) is 0 Å². The Kier molecular flexibility index (Phi) is 30.7. The highest BCUT2D eigenvalue weighted by atomic mass is 16.6. The summed E-state index contributed by atoms with van der Waals surface area (Å²) in [6.45, 7) is 6.26. The van der Waals surface area contributed by atoms with E-state index in [0.29, 0.717) is 25.7 Å². The molecule has 0 saturated heterocycles. The molecular weight excluding hydrogens is 656 g/mol. The lowest BCUT2D eigenvalue weighted by molar-refractivity contribution is -0.161. The molecule has 1 aliphatic carbocycles. The van der Waals surface area contributed by atoms with Gasteiger partial charge in [0.25, 0.3) is 0 Å². The summed E-state index contributed by atoms with van der Waals surface area (Å²) in [6, 6.07) is 0. The van der Waals surface area contributed by atoms with E-state index in [1.165, 1.54) is 83.5 Å². The Labute approximate surface area is 318 Å². The molecule has 0 aromatic carbocycles. The van der Waals surface area contributed by atoms with Crippen molar-refractivity contribution in [2.75, 3.05) is 13.2 Å². The average molecular weight is 739 g/mol. The molecule has 1 fully saturated rings. The third-order valence-corrected chi connectivity index (χ3v) is 11.2. The smallest absolute Gasteiger partial charge is 0.306 e. The largest absolute Gasteiger partial charge is 0.462 e. The molecule has 1 aliphatic rings. The number of unbranched alkanes of at least 4 members (excludes halogenated alkanes) is 18. The molecule has 306 valence electrons. The van der Waals surface area contributed by atoms with Crippen LogP contribution < -0.4 is 0 Å². The van der Waals surface area contributed by atoms with E-state index in [4.69, 9.17) is 9.47 Å². The second-order valence-electron chi connectivity index (χ2n) is 16.0. The molecule has 0 amide bonds. The molecule has 1 saturated carbocycles. The maximum atomic E-state index is 12.3. The number of hydrogen-bond acceptors (Lipinski definition) is 8. The fourth-order valence-electron chi connectivity index (χ4n) is 7.45. The van der Waals surface area contributed by atoms with Crippen LogP contribution in [-0.2, 0) is 19.1 Å². The lowest BCUT2D eigenvalue weighted by Crippen LogP contribution is -2.28. The van der Waals surface area contributed by atoms with E-state index in [1.807, 2.05) is 6.08 Å². The number of ether oxygens (including phenoxy) is 2. The first-order valence-electron chi connectivity index (χ1n) is 21.9. The Balaban J connectivity index is 2.03. The number of hydrogen-bond donors (Lipinski definition) is 4. The van der Waals surface area contributed by atoms with Crippen LogP contribution in [0.5, 0.6) is 0 Å². The van der Waals surface area contributed by atoms with Crippen LogP contribution >= 0.6 is 0 Å². The summed E-state index contributed by atoms with van der Waals surface area (Å²) < 4.78 is 10.6. The third kappa shape index (κ3) is 25.5. The molecular formula is C44H82O8. The highest BCUT2D eigenvalue weighted by Gasteiger charge is 2.39. The minimum absolute atomic E-state index is 0.0319. The molecule has 0 aromatic heterocycles. The molecule has 7 atom stereocenters. The maximum absolute atomic E-state index is 12.3. The average Bonchev–Trinajstić information content (AvgIpc) is 3.40. The number of rotatable bonds is 35. The van der Waals surface area contributed by atoms with Crippen LogP contribution in [-0.4, -0.2) is 70.0 Å². The Hall–Kier alpha value is -1.48. The van der Waals surface area contributed by atoms with E-state index in [2.05, 4.69) is 20.8 Å². The molecule has 8 heteroatoms. The summed E-state index contributed by atoms with van der Waals surface area (Å²) in [5, 5.41) is 40.8. The van der Waals surface area contributed by atoms with Crippen LogP contribution in [0.3, 0.4) is 0 Å². The Morgan fingerprint density at radius 3 is 1.77 bits per heavy atom. The van der Waals surface area contributed by atoms with Crippen molar-refractivity contribution >= 4 is 11.9 Å². The molecule has 8 nitrogen and oxygen atoms in total. The van der Waals surface area contributed by atoms with Crippen molar-refractivity contribution in [3.8, 4) is 0 Å². The lowest BCUT2D eigenvalue weighted by Gasteiger charge is -2.21. The Morgan fingerprint density at radius 2 is 1.21 bits per heavy atom. The van der Waals surface area contributed by atoms with E-state index in [-0.39, 0.29) is 43.4 Å². The van der Waals surface area contributed by atoms with Crippen molar-refractivity contribution in [1.29, 1.82) is 0 Å². The van der Waals surface area contributed by atoms with E-state index >= 15 is 0 Å². The summed E-state index contributed by atoms with van der Waals surface area (Å²) >= 11 is 0. The van der Waals surface area contributed by atoms with E-state index in [1.54, 1.807) is 6.08 Å². The van der Waals surface area contributed by atoms with Gasteiger partial charge in [-0.05, 0) is 37.5 Å². The van der Waals surface area contributed by atoms with E-state index < -0.39 is 24.4 Å². The molecule has 0 spiro atoms. The van der Waals surface area contributed by atoms with Crippen LogP contribution in [0.15, 0.2) is 12.2 Å². The fraction of sp³-hybridized carbons (Fsp3) is 0.909. The standard InChI is InChI=1S/C44H82O8/c1-4-6-21-27-37(46)31-32-40-39(41(47)33-42(40)48)28-23-19-20-24-29-43(49)51-35-38(34-45)52-44(50)30-25-18-16-14-12-10-8-7-9-11-13-15-17-22-26-36(3)5-2/h31-32,36-42,45-48H,4-30,33-35H2,1-3H3/b32-31+/t36?,37-,38-,39+,40+,41-,42+/m0/s1. The number of aliphatic hydroxyl groups is 4. The van der Waals surface area contributed by atoms with Gasteiger partial charge in [0.2, 0.25) is 0 Å². The van der Waals surface area contributed by atoms with Gasteiger partial charge in [-0.3, -0.25) is 9.59 Å². The summed E-state index contributed by atoms with van der Waals surface area (Å²) in [6.07, 6.45) is 30.5. The molecule has 0 aliphatic heterocycles. The molecule has 4 N–H and O–H groups in total.